The Labute approximate surface area is 241 Å². The van der Waals surface area contributed by atoms with Crippen molar-refractivity contribution < 1.29 is 14.3 Å². The van der Waals surface area contributed by atoms with Gasteiger partial charge in [-0.3, -0.25) is 9.59 Å². The van der Waals surface area contributed by atoms with E-state index >= 15 is 0 Å². The first-order chi connectivity index (χ1) is 18.8. The van der Waals surface area contributed by atoms with E-state index in [0.717, 1.165) is 44.9 Å². The van der Waals surface area contributed by atoms with E-state index in [1.807, 2.05) is 0 Å². The Kier molecular flexibility index (Phi) is 18.2. The Hall–Kier alpha value is -3.05. The van der Waals surface area contributed by atoms with Gasteiger partial charge in [0, 0.05) is 31.6 Å². The molecule has 214 valence electrons. The molecule has 0 heterocycles. The third-order valence-corrected chi connectivity index (χ3v) is 6.06. The molecule has 0 aliphatic carbocycles. The number of rotatable bonds is 19. The van der Waals surface area contributed by atoms with Crippen molar-refractivity contribution in [2.24, 2.45) is 0 Å². The van der Waals surface area contributed by atoms with Crippen LogP contribution < -0.4 is 10.1 Å². The second kappa shape index (κ2) is 20.9. The van der Waals surface area contributed by atoms with Gasteiger partial charge in [-0.25, -0.2) is 0 Å². The number of carbonyl (C=O) groups is 2. The van der Waals surface area contributed by atoms with Crippen LogP contribution in [0.5, 0.6) is 5.75 Å². The van der Waals surface area contributed by atoms with Crippen molar-refractivity contribution in [3.63, 3.8) is 0 Å². The number of halogens is 1. The van der Waals surface area contributed by atoms with E-state index in [2.05, 4.69) is 73.0 Å². The van der Waals surface area contributed by atoms with E-state index in [4.69, 9.17) is 16.3 Å². The zero-order chi connectivity index (χ0) is 28.8. The molecule has 0 saturated heterocycles. The molecule has 6 heteroatoms. The maximum absolute atomic E-state index is 12.5. The van der Waals surface area contributed by atoms with Gasteiger partial charge in [0.05, 0.1) is 0 Å². The van der Waals surface area contributed by atoms with Crippen LogP contribution in [0.3, 0.4) is 0 Å². The monoisotopic (exact) mass is 554 g/mol. The largest absolute Gasteiger partial charge is 0.478 e. The average molecular weight is 555 g/mol. The normalized spacial score (nSPS) is 12.4. The quantitative estimate of drug-likeness (QED) is 0.139. The summed E-state index contributed by atoms with van der Waals surface area (Å²) in [5.74, 6) is 0.407. The van der Waals surface area contributed by atoms with Crippen molar-refractivity contribution in [1.82, 2.24) is 10.2 Å². The molecule has 0 unspecified atom stereocenters. The zero-order valence-electron chi connectivity index (χ0n) is 24.2. The number of allylic oxidation sites excluding steroid dienone is 10. The van der Waals surface area contributed by atoms with E-state index in [9.17, 15) is 9.59 Å². The fraction of sp³-hybridized carbons (Fsp3) is 0.455. The third-order valence-electron chi connectivity index (χ3n) is 5.81. The number of ether oxygens (including phenoxy) is 1. The van der Waals surface area contributed by atoms with Gasteiger partial charge < -0.3 is 15.0 Å². The predicted molar refractivity (Wildman–Crippen MR) is 165 cm³/mol. The smallest absolute Gasteiger partial charge is 0.263 e. The first-order valence-electron chi connectivity index (χ1n) is 14.0. The van der Waals surface area contributed by atoms with Gasteiger partial charge in [-0.2, -0.15) is 0 Å². The number of amides is 2. The minimum atomic E-state index is -1.04. The maximum Gasteiger partial charge on any atom is 0.263 e. The van der Waals surface area contributed by atoms with Crippen LogP contribution in [0.25, 0.3) is 0 Å². The number of nitrogens with one attached hydrogen (secondary N) is 1. The van der Waals surface area contributed by atoms with Crippen LogP contribution in [-0.2, 0) is 9.59 Å². The molecule has 1 rings (SSSR count). The first kappa shape index (κ1) is 34.0. The number of hydrogen-bond donors (Lipinski definition) is 1. The van der Waals surface area contributed by atoms with Crippen molar-refractivity contribution in [3.05, 3.63) is 90.0 Å². The Morgan fingerprint density at radius 3 is 1.92 bits per heavy atom. The molecule has 0 radical (unpaired) electrons. The Bertz CT molecular complexity index is 975. The van der Waals surface area contributed by atoms with Crippen LogP contribution in [0, 0.1) is 0 Å². The molecule has 0 aliphatic rings. The first-order valence-corrected chi connectivity index (χ1v) is 14.4. The maximum atomic E-state index is 12.5. The minimum absolute atomic E-state index is 0.0771. The van der Waals surface area contributed by atoms with E-state index in [1.165, 1.54) is 0 Å². The van der Waals surface area contributed by atoms with E-state index < -0.39 is 5.60 Å². The molecule has 2 amide bonds. The molecule has 0 aliphatic heterocycles. The zero-order valence-corrected chi connectivity index (χ0v) is 25.0. The molecular formula is C33H47ClN2O3. The molecule has 0 saturated carbocycles. The summed E-state index contributed by atoms with van der Waals surface area (Å²) in [4.78, 5) is 26.6. The summed E-state index contributed by atoms with van der Waals surface area (Å²) >= 11 is 5.89. The van der Waals surface area contributed by atoms with Gasteiger partial charge in [-0.05, 0) is 83.1 Å². The van der Waals surface area contributed by atoms with Crippen molar-refractivity contribution in [2.75, 3.05) is 20.1 Å². The molecule has 0 fully saturated rings. The lowest BCUT2D eigenvalue weighted by Crippen LogP contribution is -2.48. The highest BCUT2D eigenvalue weighted by Gasteiger charge is 2.29. The Morgan fingerprint density at radius 2 is 1.38 bits per heavy atom. The standard InChI is InChI=1S/C33H47ClN2O3/c1-5-6-7-8-9-10-11-12-13-14-15-16-17-18-19-20-21-22-31(37)36(4)28-27-35-32(38)33(2,3)39-30-25-23-29(34)24-26-30/h6-7,9-10,12-13,15-16,18-19,23-26H,5,8,11,14,17,20-22,27-28H2,1-4H3,(H,35,38)/b7-6-,10-9-,13-12-,16-15-,19-18-. The Morgan fingerprint density at radius 1 is 0.872 bits per heavy atom. The fourth-order valence-corrected chi connectivity index (χ4v) is 3.57. The van der Waals surface area contributed by atoms with E-state index in [-0.39, 0.29) is 11.8 Å². The van der Waals surface area contributed by atoms with Crippen LogP contribution in [-0.4, -0.2) is 42.5 Å². The second-order valence-electron chi connectivity index (χ2n) is 9.74. The Balaban J connectivity index is 2.12. The molecule has 1 aromatic carbocycles. The van der Waals surface area contributed by atoms with Gasteiger partial charge in [-0.1, -0.05) is 79.3 Å². The number of hydrogen-bond acceptors (Lipinski definition) is 3. The van der Waals surface area contributed by atoms with Crippen LogP contribution in [0.15, 0.2) is 85.0 Å². The third kappa shape index (κ3) is 17.2. The number of unbranched alkanes of at least 4 members (excludes halogenated alkanes) is 1. The van der Waals surface area contributed by atoms with Gasteiger partial charge >= 0.3 is 0 Å². The highest BCUT2D eigenvalue weighted by atomic mass is 35.5. The molecule has 1 N–H and O–H groups in total. The summed E-state index contributed by atoms with van der Waals surface area (Å²) in [6.45, 7) is 6.38. The number of nitrogens with zero attached hydrogens (tertiary/aromatic N) is 1. The number of carbonyl (C=O) groups excluding carboxylic acids is 2. The summed E-state index contributed by atoms with van der Waals surface area (Å²) in [5, 5.41) is 3.46. The molecule has 0 aromatic heterocycles. The number of benzene rings is 1. The summed E-state index contributed by atoms with van der Waals surface area (Å²) in [6.07, 6.45) is 28.9. The van der Waals surface area contributed by atoms with Crippen molar-refractivity contribution >= 4 is 23.4 Å². The summed E-state index contributed by atoms with van der Waals surface area (Å²) in [5.41, 5.74) is -1.04. The number of likely N-dealkylation sites (N-methyl/N-ethyl adjacent to an activating group) is 1. The summed E-state index contributed by atoms with van der Waals surface area (Å²) in [6, 6.07) is 6.88. The van der Waals surface area contributed by atoms with Crippen LogP contribution in [0.1, 0.15) is 72.1 Å². The average Bonchev–Trinajstić information content (AvgIpc) is 2.91. The lowest BCUT2D eigenvalue weighted by Gasteiger charge is -2.26. The van der Waals surface area contributed by atoms with Gasteiger partial charge in [0.1, 0.15) is 5.75 Å². The lowest BCUT2D eigenvalue weighted by molar-refractivity contribution is -0.135. The molecule has 1 aromatic rings. The van der Waals surface area contributed by atoms with Gasteiger partial charge in [0.2, 0.25) is 5.91 Å². The minimum Gasteiger partial charge on any atom is -0.478 e. The fourth-order valence-electron chi connectivity index (χ4n) is 3.45. The van der Waals surface area contributed by atoms with Gasteiger partial charge in [0.25, 0.3) is 5.91 Å². The van der Waals surface area contributed by atoms with Crippen LogP contribution >= 0.6 is 11.6 Å². The topological polar surface area (TPSA) is 58.6 Å². The highest BCUT2D eigenvalue weighted by Crippen LogP contribution is 2.21. The molecule has 0 bridgehead atoms. The summed E-state index contributed by atoms with van der Waals surface area (Å²) < 4.78 is 5.80. The highest BCUT2D eigenvalue weighted by molar-refractivity contribution is 6.30. The van der Waals surface area contributed by atoms with Crippen LogP contribution in [0.4, 0.5) is 0 Å². The molecule has 5 nitrogen and oxygen atoms in total. The van der Waals surface area contributed by atoms with Gasteiger partial charge in [-0.15, -0.1) is 0 Å². The second-order valence-corrected chi connectivity index (χ2v) is 10.2. The van der Waals surface area contributed by atoms with Gasteiger partial charge in [0.15, 0.2) is 5.60 Å². The van der Waals surface area contributed by atoms with Crippen LogP contribution in [0.2, 0.25) is 5.02 Å². The molecular weight excluding hydrogens is 508 g/mol. The molecule has 0 atom stereocenters. The predicted octanol–water partition coefficient (Wildman–Crippen LogP) is 7.99. The lowest BCUT2D eigenvalue weighted by atomic mass is 10.1. The summed E-state index contributed by atoms with van der Waals surface area (Å²) in [7, 11) is 1.76. The van der Waals surface area contributed by atoms with Crippen molar-refractivity contribution in [1.29, 1.82) is 0 Å². The van der Waals surface area contributed by atoms with E-state index in [0.29, 0.717) is 30.3 Å². The van der Waals surface area contributed by atoms with E-state index in [1.54, 1.807) is 50.1 Å². The SMILES string of the molecule is CC/C=C\C/C=C\C/C=C\C/C=C\C/C=C\CCCC(=O)N(C)CCNC(=O)C(C)(C)Oc1ccc(Cl)cc1. The molecule has 39 heavy (non-hydrogen) atoms. The van der Waals surface area contributed by atoms with Crippen molar-refractivity contribution in [3.8, 4) is 5.75 Å². The van der Waals surface area contributed by atoms with Crippen molar-refractivity contribution in [2.45, 2.75) is 77.7 Å². The molecule has 0 spiro atoms.